The van der Waals surface area contributed by atoms with Crippen LogP contribution in [0.25, 0.3) is 0 Å². The molecule has 0 aliphatic rings. The highest BCUT2D eigenvalue weighted by molar-refractivity contribution is 6.32. The number of ether oxygens (including phenoxy) is 2. The number of halogens is 1. The molecule has 0 aliphatic carbocycles. The summed E-state index contributed by atoms with van der Waals surface area (Å²) in [6, 6.07) is 5.80. The number of hydrogen-bond donors (Lipinski definition) is 1. The van der Waals surface area contributed by atoms with Crippen molar-refractivity contribution in [2.45, 2.75) is 39.8 Å². The molecule has 0 unspecified atom stereocenters. The maximum absolute atomic E-state index is 6.15. The van der Waals surface area contributed by atoms with E-state index < -0.39 is 0 Å². The Kier molecular flexibility index (Phi) is 5.93. The fourth-order valence-electron chi connectivity index (χ4n) is 1.33. The van der Waals surface area contributed by atoms with E-state index in [0.717, 1.165) is 12.1 Å². The zero-order valence-electron chi connectivity index (χ0n) is 11.5. The molecule has 0 bridgehead atoms. The van der Waals surface area contributed by atoms with Crippen LogP contribution >= 0.6 is 11.6 Å². The largest absolute Gasteiger partial charge is 0.466 e. The Labute approximate surface area is 114 Å². The third kappa shape index (κ3) is 5.71. The van der Waals surface area contributed by atoms with Crippen LogP contribution in [-0.4, -0.2) is 18.9 Å². The van der Waals surface area contributed by atoms with Gasteiger partial charge in [0, 0.05) is 18.7 Å². The fraction of sp³-hybridized carbons (Fsp3) is 0.571. The molecule has 1 aromatic carbocycles. The van der Waals surface area contributed by atoms with Crippen molar-refractivity contribution in [1.82, 2.24) is 5.32 Å². The van der Waals surface area contributed by atoms with Gasteiger partial charge in [-0.1, -0.05) is 17.7 Å². The fourth-order valence-corrected chi connectivity index (χ4v) is 1.58. The Morgan fingerprint density at radius 1 is 1.28 bits per heavy atom. The minimum absolute atomic E-state index is 0.0939. The van der Waals surface area contributed by atoms with Crippen LogP contribution in [0.5, 0.6) is 5.75 Å². The van der Waals surface area contributed by atoms with E-state index in [9.17, 15) is 0 Å². The van der Waals surface area contributed by atoms with E-state index >= 15 is 0 Å². The Hall–Kier alpha value is -0.770. The van der Waals surface area contributed by atoms with Gasteiger partial charge in [0.2, 0.25) is 0 Å². The van der Waals surface area contributed by atoms with Crippen LogP contribution in [-0.2, 0) is 11.3 Å². The van der Waals surface area contributed by atoms with Gasteiger partial charge in [-0.3, -0.25) is 0 Å². The molecule has 4 heteroatoms. The van der Waals surface area contributed by atoms with Crippen LogP contribution in [0, 0.1) is 0 Å². The number of rotatable bonds is 6. The zero-order valence-corrected chi connectivity index (χ0v) is 12.3. The van der Waals surface area contributed by atoms with Crippen molar-refractivity contribution in [3.63, 3.8) is 0 Å². The molecular weight excluding hydrogens is 250 g/mol. The predicted octanol–water partition coefficient (Wildman–Crippen LogP) is 3.60. The van der Waals surface area contributed by atoms with Crippen molar-refractivity contribution in [2.75, 3.05) is 13.4 Å². The monoisotopic (exact) mass is 271 g/mol. The molecule has 1 rings (SSSR count). The van der Waals surface area contributed by atoms with E-state index in [1.807, 2.05) is 25.1 Å². The maximum Gasteiger partial charge on any atom is 0.189 e. The lowest BCUT2D eigenvalue weighted by molar-refractivity contribution is 0.0224. The summed E-state index contributed by atoms with van der Waals surface area (Å²) < 4.78 is 10.5. The lowest BCUT2D eigenvalue weighted by Crippen LogP contribution is -2.35. The van der Waals surface area contributed by atoms with Gasteiger partial charge in [-0.25, -0.2) is 0 Å². The van der Waals surface area contributed by atoms with Gasteiger partial charge >= 0.3 is 0 Å². The van der Waals surface area contributed by atoms with Crippen LogP contribution in [0.15, 0.2) is 18.2 Å². The van der Waals surface area contributed by atoms with E-state index in [1.54, 1.807) is 0 Å². The summed E-state index contributed by atoms with van der Waals surface area (Å²) >= 11 is 6.15. The van der Waals surface area contributed by atoms with E-state index in [1.165, 1.54) is 0 Å². The van der Waals surface area contributed by atoms with Crippen molar-refractivity contribution in [3.8, 4) is 5.75 Å². The Morgan fingerprint density at radius 3 is 2.56 bits per heavy atom. The molecular formula is C14H22ClNO2. The van der Waals surface area contributed by atoms with Crippen molar-refractivity contribution in [1.29, 1.82) is 0 Å². The minimum atomic E-state index is 0.0939. The Balaban J connectivity index is 2.56. The van der Waals surface area contributed by atoms with Crippen molar-refractivity contribution in [2.24, 2.45) is 0 Å². The second-order valence-electron chi connectivity index (χ2n) is 5.12. The molecule has 0 radical (unpaired) electrons. The quantitative estimate of drug-likeness (QED) is 0.633. The van der Waals surface area contributed by atoms with Gasteiger partial charge in [-0.2, -0.15) is 0 Å². The predicted molar refractivity (Wildman–Crippen MR) is 75.2 cm³/mol. The van der Waals surface area contributed by atoms with E-state index in [2.05, 4.69) is 26.1 Å². The molecule has 0 aromatic heterocycles. The van der Waals surface area contributed by atoms with Crippen LogP contribution in [0.3, 0.4) is 0 Å². The Bertz CT molecular complexity index is 375. The SMILES string of the molecule is CCOCOc1ccc(CNC(C)(C)C)cc1Cl. The molecule has 1 N–H and O–H groups in total. The highest BCUT2D eigenvalue weighted by Gasteiger charge is 2.09. The van der Waals surface area contributed by atoms with Gasteiger partial charge in [0.25, 0.3) is 0 Å². The standard InChI is InChI=1S/C14H22ClNO2/c1-5-17-10-18-13-7-6-11(8-12(13)15)9-16-14(2,3)4/h6-8,16H,5,9-10H2,1-4H3. The van der Waals surface area contributed by atoms with Crippen LogP contribution in [0.4, 0.5) is 0 Å². The summed E-state index contributed by atoms with van der Waals surface area (Å²) in [6.45, 7) is 9.97. The van der Waals surface area contributed by atoms with Gasteiger partial charge in [0.1, 0.15) is 5.75 Å². The maximum atomic E-state index is 6.15. The first-order valence-corrected chi connectivity index (χ1v) is 6.54. The molecule has 0 spiro atoms. The van der Waals surface area contributed by atoms with Crippen LogP contribution in [0.2, 0.25) is 5.02 Å². The summed E-state index contributed by atoms with van der Waals surface area (Å²) in [4.78, 5) is 0. The van der Waals surface area contributed by atoms with Crippen LogP contribution in [0.1, 0.15) is 33.3 Å². The zero-order chi connectivity index (χ0) is 13.6. The number of benzene rings is 1. The average Bonchev–Trinajstić information content (AvgIpc) is 2.28. The molecule has 0 aliphatic heterocycles. The molecule has 0 saturated heterocycles. The highest BCUT2D eigenvalue weighted by Crippen LogP contribution is 2.25. The van der Waals surface area contributed by atoms with Gasteiger partial charge in [0.05, 0.1) is 5.02 Å². The van der Waals surface area contributed by atoms with Crippen molar-refractivity contribution < 1.29 is 9.47 Å². The lowest BCUT2D eigenvalue weighted by Gasteiger charge is -2.20. The molecule has 0 atom stereocenters. The third-order valence-electron chi connectivity index (χ3n) is 2.32. The first-order chi connectivity index (χ1) is 8.42. The third-order valence-corrected chi connectivity index (χ3v) is 2.62. The summed E-state index contributed by atoms with van der Waals surface area (Å²) in [7, 11) is 0. The van der Waals surface area contributed by atoms with E-state index in [-0.39, 0.29) is 12.3 Å². The van der Waals surface area contributed by atoms with E-state index in [0.29, 0.717) is 17.4 Å². The molecule has 0 amide bonds. The average molecular weight is 272 g/mol. The first-order valence-electron chi connectivity index (χ1n) is 6.16. The normalized spacial score (nSPS) is 11.6. The van der Waals surface area contributed by atoms with Gasteiger partial charge < -0.3 is 14.8 Å². The minimum Gasteiger partial charge on any atom is -0.466 e. The van der Waals surface area contributed by atoms with Crippen molar-refractivity contribution in [3.05, 3.63) is 28.8 Å². The summed E-state index contributed by atoms with van der Waals surface area (Å²) in [5.74, 6) is 0.657. The Morgan fingerprint density at radius 2 is 2.00 bits per heavy atom. The molecule has 0 heterocycles. The lowest BCUT2D eigenvalue weighted by atomic mass is 10.1. The molecule has 102 valence electrons. The van der Waals surface area contributed by atoms with Gasteiger partial charge in [-0.15, -0.1) is 0 Å². The topological polar surface area (TPSA) is 30.5 Å². The number of hydrogen-bond acceptors (Lipinski definition) is 3. The molecule has 0 saturated carbocycles. The van der Waals surface area contributed by atoms with Crippen molar-refractivity contribution >= 4 is 11.6 Å². The van der Waals surface area contributed by atoms with Gasteiger partial charge in [0.15, 0.2) is 6.79 Å². The molecule has 18 heavy (non-hydrogen) atoms. The first kappa shape index (κ1) is 15.3. The second kappa shape index (κ2) is 6.98. The van der Waals surface area contributed by atoms with E-state index in [4.69, 9.17) is 21.1 Å². The summed E-state index contributed by atoms with van der Waals surface area (Å²) in [5.41, 5.74) is 1.23. The smallest absolute Gasteiger partial charge is 0.189 e. The second-order valence-corrected chi connectivity index (χ2v) is 5.53. The van der Waals surface area contributed by atoms with Crippen LogP contribution < -0.4 is 10.1 Å². The van der Waals surface area contributed by atoms with Gasteiger partial charge in [-0.05, 0) is 45.4 Å². The summed E-state index contributed by atoms with van der Waals surface area (Å²) in [6.07, 6.45) is 0. The molecule has 0 fully saturated rings. The molecule has 3 nitrogen and oxygen atoms in total. The molecule has 1 aromatic rings. The highest BCUT2D eigenvalue weighted by atomic mass is 35.5. The number of nitrogens with one attached hydrogen (secondary N) is 1. The summed E-state index contributed by atoms with van der Waals surface area (Å²) in [5, 5.41) is 4.03.